The average molecular weight is 741 g/mol. The van der Waals surface area contributed by atoms with Gasteiger partial charge in [-0.3, -0.25) is 0 Å². The van der Waals surface area contributed by atoms with Gasteiger partial charge in [-0.1, -0.05) is 127 Å². The minimum Gasteiger partial charge on any atom is -0.355 e. The normalized spacial score (nSPS) is 11.8. The molecular weight excluding hydrogens is 705 g/mol. The monoisotopic (exact) mass is 740 g/mol. The number of fused-ring (bicyclic) bond motifs is 10. The van der Waals surface area contributed by atoms with Crippen LogP contribution >= 0.6 is 0 Å². The third kappa shape index (κ3) is 4.88. The first-order valence-corrected chi connectivity index (χ1v) is 19.9. The van der Waals surface area contributed by atoms with Gasteiger partial charge in [-0.15, -0.1) is 0 Å². The molecule has 58 heavy (non-hydrogen) atoms. The molecule has 0 amide bonds. The van der Waals surface area contributed by atoms with Crippen molar-refractivity contribution in [1.29, 1.82) is 0 Å². The highest BCUT2D eigenvalue weighted by Crippen LogP contribution is 2.43. The van der Waals surface area contributed by atoms with Gasteiger partial charge in [0.1, 0.15) is 0 Å². The van der Waals surface area contributed by atoms with E-state index in [0.717, 1.165) is 28.4 Å². The van der Waals surface area contributed by atoms with Crippen LogP contribution in [-0.2, 0) is 0 Å². The quantitative estimate of drug-likeness (QED) is 0.181. The highest BCUT2D eigenvalue weighted by Gasteiger charge is 2.21. The fourth-order valence-electron chi connectivity index (χ4n) is 9.34. The van der Waals surface area contributed by atoms with Gasteiger partial charge < -0.3 is 19.0 Å². The number of para-hydroxylation sites is 6. The first-order chi connectivity index (χ1) is 28.8. The number of nitrogens with one attached hydrogen (secondary N) is 1. The average Bonchev–Trinajstić information content (AvgIpc) is 3.93. The molecule has 0 saturated carbocycles. The van der Waals surface area contributed by atoms with E-state index >= 15 is 0 Å². The lowest BCUT2D eigenvalue weighted by Gasteiger charge is -2.14. The smallest absolute Gasteiger partial charge is 0.0641 e. The highest BCUT2D eigenvalue weighted by atomic mass is 15.0. The van der Waals surface area contributed by atoms with Crippen molar-refractivity contribution in [2.45, 2.75) is 0 Å². The van der Waals surface area contributed by atoms with E-state index in [1.165, 1.54) is 76.5 Å². The van der Waals surface area contributed by atoms with Crippen molar-refractivity contribution in [3.63, 3.8) is 0 Å². The lowest BCUT2D eigenvalue weighted by atomic mass is 10.0. The summed E-state index contributed by atoms with van der Waals surface area (Å²) in [6, 6.07) is 76.7. The predicted octanol–water partition coefficient (Wildman–Crippen LogP) is 14.4. The van der Waals surface area contributed by atoms with Crippen molar-refractivity contribution in [3.05, 3.63) is 212 Å². The molecule has 12 rings (SSSR count). The van der Waals surface area contributed by atoms with Gasteiger partial charge >= 0.3 is 0 Å². The number of nitrogens with zero attached hydrogens (tertiary/aromatic N) is 3. The zero-order valence-electron chi connectivity index (χ0n) is 31.5. The molecule has 0 fully saturated rings. The van der Waals surface area contributed by atoms with Gasteiger partial charge in [0.05, 0.1) is 33.1 Å². The maximum Gasteiger partial charge on any atom is 0.0641 e. The molecule has 3 aromatic heterocycles. The molecule has 0 aliphatic rings. The SMILES string of the molecule is c1ccc(Nc2ccccc2-c2ccc3c(c2)c2ccccc2n3-c2cccc(-n3c4ccccc4c4c3ccc3c5ccccc5n(-c5ccccc5)c34)c2)cc1. The van der Waals surface area contributed by atoms with Crippen LogP contribution in [0.15, 0.2) is 212 Å². The molecule has 9 aromatic carbocycles. The van der Waals surface area contributed by atoms with Crippen molar-refractivity contribution in [1.82, 2.24) is 13.7 Å². The summed E-state index contributed by atoms with van der Waals surface area (Å²) in [7, 11) is 0. The maximum atomic E-state index is 3.65. The Bertz CT molecular complexity index is 3530. The van der Waals surface area contributed by atoms with Crippen LogP contribution in [-0.4, -0.2) is 13.7 Å². The summed E-state index contributed by atoms with van der Waals surface area (Å²) < 4.78 is 7.32. The predicted molar refractivity (Wildman–Crippen MR) is 245 cm³/mol. The van der Waals surface area contributed by atoms with E-state index in [2.05, 4.69) is 225 Å². The van der Waals surface area contributed by atoms with Gasteiger partial charge in [0, 0.05) is 66.3 Å². The zero-order chi connectivity index (χ0) is 38.2. The van der Waals surface area contributed by atoms with Crippen molar-refractivity contribution in [3.8, 4) is 28.2 Å². The summed E-state index contributed by atoms with van der Waals surface area (Å²) in [5.41, 5.74) is 15.0. The fourth-order valence-corrected chi connectivity index (χ4v) is 9.34. The lowest BCUT2D eigenvalue weighted by molar-refractivity contribution is 1.13. The summed E-state index contributed by atoms with van der Waals surface area (Å²) in [4.78, 5) is 0. The molecule has 0 aliphatic carbocycles. The van der Waals surface area contributed by atoms with Crippen LogP contribution in [0.4, 0.5) is 11.4 Å². The van der Waals surface area contributed by atoms with E-state index < -0.39 is 0 Å². The Labute approximate surface area is 335 Å². The summed E-state index contributed by atoms with van der Waals surface area (Å²) in [6.07, 6.45) is 0. The van der Waals surface area contributed by atoms with Crippen LogP contribution in [0.25, 0.3) is 93.6 Å². The third-order valence-corrected chi connectivity index (χ3v) is 11.8. The first-order valence-electron chi connectivity index (χ1n) is 19.9. The summed E-state index contributed by atoms with van der Waals surface area (Å²) in [6.45, 7) is 0. The number of benzene rings is 9. The van der Waals surface area contributed by atoms with Crippen molar-refractivity contribution in [2.24, 2.45) is 0 Å². The molecule has 3 heterocycles. The van der Waals surface area contributed by atoms with Gasteiger partial charge in [0.25, 0.3) is 0 Å². The Balaban J connectivity index is 1.06. The van der Waals surface area contributed by atoms with Gasteiger partial charge in [-0.25, -0.2) is 0 Å². The number of aromatic nitrogens is 3. The van der Waals surface area contributed by atoms with Crippen LogP contribution in [0.3, 0.4) is 0 Å². The number of rotatable bonds is 6. The second kappa shape index (κ2) is 12.9. The Morgan fingerprint density at radius 1 is 0.310 bits per heavy atom. The Morgan fingerprint density at radius 2 is 0.845 bits per heavy atom. The second-order valence-corrected chi connectivity index (χ2v) is 15.0. The van der Waals surface area contributed by atoms with E-state index in [0.29, 0.717) is 0 Å². The zero-order valence-corrected chi connectivity index (χ0v) is 31.5. The molecule has 0 saturated heterocycles. The summed E-state index contributed by atoms with van der Waals surface area (Å²) in [5, 5.41) is 11.1. The summed E-state index contributed by atoms with van der Waals surface area (Å²) >= 11 is 0. The Kier molecular flexibility index (Phi) is 7.20. The molecular formula is C54H36N4. The number of hydrogen-bond acceptors (Lipinski definition) is 1. The van der Waals surface area contributed by atoms with Crippen molar-refractivity contribution >= 4 is 76.8 Å². The maximum absolute atomic E-state index is 3.65. The third-order valence-electron chi connectivity index (χ3n) is 11.8. The van der Waals surface area contributed by atoms with E-state index in [1.807, 2.05) is 6.07 Å². The van der Waals surface area contributed by atoms with Crippen LogP contribution in [0.5, 0.6) is 0 Å². The molecule has 4 heteroatoms. The lowest BCUT2D eigenvalue weighted by Crippen LogP contribution is -1.99. The van der Waals surface area contributed by atoms with Crippen LogP contribution in [0, 0.1) is 0 Å². The van der Waals surface area contributed by atoms with E-state index in [-0.39, 0.29) is 0 Å². The highest BCUT2D eigenvalue weighted by molar-refractivity contribution is 6.26. The molecule has 0 bridgehead atoms. The minimum atomic E-state index is 1.07. The number of anilines is 2. The molecule has 1 N–H and O–H groups in total. The molecule has 12 aromatic rings. The Morgan fingerprint density at radius 3 is 1.60 bits per heavy atom. The summed E-state index contributed by atoms with van der Waals surface area (Å²) in [5.74, 6) is 0. The molecule has 4 nitrogen and oxygen atoms in total. The van der Waals surface area contributed by atoms with E-state index in [4.69, 9.17) is 0 Å². The van der Waals surface area contributed by atoms with Crippen molar-refractivity contribution in [2.75, 3.05) is 5.32 Å². The topological polar surface area (TPSA) is 26.8 Å². The minimum absolute atomic E-state index is 1.07. The van der Waals surface area contributed by atoms with Gasteiger partial charge in [-0.05, 0) is 90.5 Å². The van der Waals surface area contributed by atoms with Crippen LogP contribution in [0.2, 0.25) is 0 Å². The largest absolute Gasteiger partial charge is 0.355 e. The molecule has 0 aliphatic heterocycles. The standard InChI is InChI=1S/C54H36N4/c1-3-16-37(17-4-1)55-47-26-11-7-22-41(47)36-30-32-51-46(34-36)43-24-9-12-27-48(43)56(51)39-20-15-21-40(35-39)57-50-29-14-10-25-45(50)53-52(57)33-31-44-42-23-8-13-28-49(42)58(54(44)53)38-18-5-2-6-19-38/h1-35,55H. The van der Waals surface area contributed by atoms with Gasteiger partial charge in [0.15, 0.2) is 0 Å². The van der Waals surface area contributed by atoms with E-state index in [1.54, 1.807) is 0 Å². The van der Waals surface area contributed by atoms with E-state index in [9.17, 15) is 0 Å². The second-order valence-electron chi connectivity index (χ2n) is 15.0. The van der Waals surface area contributed by atoms with Gasteiger partial charge in [-0.2, -0.15) is 0 Å². The molecule has 0 atom stereocenters. The van der Waals surface area contributed by atoms with Crippen molar-refractivity contribution < 1.29 is 0 Å². The Hall–Kier alpha value is -7.82. The molecule has 0 radical (unpaired) electrons. The first kappa shape index (κ1) is 32.4. The molecule has 0 unspecified atom stereocenters. The molecule has 0 spiro atoms. The van der Waals surface area contributed by atoms with Gasteiger partial charge in [0.2, 0.25) is 0 Å². The molecule has 272 valence electrons. The number of hydrogen-bond donors (Lipinski definition) is 1. The van der Waals surface area contributed by atoms with Crippen LogP contribution < -0.4 is 5.32 Å². The fraction of sp³-hybridized carbons (Fsp3) is 0. The van der Waals surface area contributed by atoms with Crippen LogP contribution in [0.1, 0.15) is 0 Å².